The van der Waals surface area contributed by atoms with Crippen LogP contribution in [0, 0.1) is 10.1 Å². The zero-order chi connectivity index (χ0) is 18.4. The second-order valence-corrected chi connectivity index (χ2v) is 5.71. The molecule has 1 aliphatic heterocycles. The number of carbonyl (C=O) groups is 1. The molecule has 1 fully saturated rings. The molecule has 1 aliphatic rings. The Labute approximate surface area is 150 Å². The fraction of sp³-hybridized carbons (Fsp3) is 0.278. The quantitative estimate of drug-likeness (QED) is 0.630. The number of nitro benzene ring substituents is 1. The zero-order valence-corrected chi connectivity index (χ0v) is 14.1. The molecule has 0 spiro atoms. The lowest BCUT2D eigenvalue weighted by Crippen LogP contribution is -2.36. The third-order valence-corrected chi connectivity index (χ3v) is 3.92. The molecule has 3 rings (SSSR count). The lowest BCUT2D eigenvalue weighted by Gasteiger charge is -2.28. The molecule has 0 aromatic heterocycles. The van der Waals surface area contributed by atoms with Crippen LogP contribution in [0.2, 0.25) is 0 Å². The molecule has 8 nitrogen and oxygen atoms in total. The van der Waals surface area contributed by atoms with Crippen LogP contribution in [0.4, 0.5) is 17.1 Å². The van der Waals surface area contributed by atoms with Crippen molar-refractivity contribution < 1.29 is 19.2 Å². The first-order valence-corrected chi connectivity index (χ1v) is 8.22. The van der Waals surface area contributed by atoms with Crippen LogP contribution in [0.3, 0.4) is 0 Å². The predicted octanol–water partition coefficient (Wildman–Crippen LogP) is 2.45. The Morgan fingerprint density at radius 1 is 1.19 bits per heavy atom. The zero-order valence-electron chi connectivity index (χ0n) is 14.1. The van der Waals surface area contributed by atoms with Gasteiger partial charge in [0.2, 0.25) is 0 Å². The molecular weight excluding hydrogens is 338 g/mol. The van der Waals surface area contributed by atoms with Crippen molar-refractivity contribution in [2.45, 2.75) is 0 Å². The van der Waals surface area contributed by atoms with Crippen molar-refractivity contribution in [3.8, 4) is 5.75 Å². The van der Waals surface area contributed by atoms with E-state index in [2.05, 4.69) is 5.32 Å². The smallest absolute Gasteiger partial charge is 0.294 e. The van der Waals surface area contributed by atoms with Gasteiger partial charge in [-0.3, -0.25) is 14.9 Å². The molecule has 8 heteroatoms. The van der Waals surface area contributed by atoms with E-state index in [9.17, 15) is 14.9 Å². The van der Waals surface area contributed by atoms with E-state index in [0.717, 1.165) is 0 Å². The molecule has 0 bridgehead atoms. The molecule has 0 aliphatic carbocycles. The number of hydrogen-bond acceptors (Lipinski definition) is 6. The van der Waals surface area contributed by atoms with Crippen LogP contribution >= 0.6 is 0 Å². The summed E-state index contributed by atoms with van der Waals surface area (Å²) < 4.78 is 10.6. The maximum Gasteiger partial charge on any atom is 0.294 e. The maximum atomic E-state index is 12.0. The molecule has 2 aromatic rings. The van der Waals surface area contributed by atoms with Gasteiger partial charge in [-0.25, -0.2) is 0 Å². The second kappa shape index (κ2) is 8.30. The lowest BCUT2D eigenvalue weighted by molar-refractivity contribution is -0.384. The van der Waals surface area contributed by atoms with Crippen LogP contribution in [0.25, 0.3) is 0 Å². The number of benzene rings is 2. The largest absolute Gasteiger partial charge is 0.484 e. The van der Waals surface area contributed by atoms with Gasteiger partial charge < -0.3 is 19.7 Å². The Bertz CT molecular complexity index is 776. The average Bonchev–Trinajstić information content (AvgIpc) is 2.68. The van der Waals surface area contributed by atoms with Gasteiger partial charge in [0.05, 0.1) is 18.1 Å². The molecule has 0 atom stereocenters. The number of amides is 1. The molecule has 136 valence electrons. The Hall–Kier alpha value is -3.13. The fourth-order valence-electron chi connectivity index (χ4n) is 2.68. The highest BCUT2D eigenvalue weighted by Gasteiger charge is 2.22. The molecular formula is C18H19N3O5. The van der Waals surface area contributed by atoms with E-state index in [4.69, 9.17) is 9.47 Å². The van der Waals surface area contributed by atoms with Crippen molar-refractivity contribution in [2.24, 2.45) is 0 Å². The number of ether oxygens (including phenoxy) is 2. The number of carbonyl (C=O) groups excluding carboxylic acids is 1. The first-order chi connectivity index (χ1) is 12.6. The number of nitrogens with zero attached hydrogens (tertiary/aromatic N) is 2. The standard InChI is InChI=1S/C18H19N3O5/c22-18(13-26-15-4-2-1-3-5-15)19-14-6-7-16(17(12-14)21(23)24)20-8-10-25-11-9-20/h1-7,12H,8-11,13H2,(H,19,22). The number of rotatable bonds is 6. The Morgan fingerprint density at radius 3 is 2.62 bits per heavy atom. The average molecular weight is 357 g/mol. The Morgan fingerprint density at radius 2 is 1.92 bits per heavy atom. The van der Waals surface area contributed by atoms with Gasteiger partial charge in [-0.05, 0) is 24.3 Å². The van der Waals surface area contributed by atoms with Crippen molar-refractivity contribution in [2.75, 3.05) is 43.1 Å². The van der Waals surface area contributed by atoms with Crippen LogP contribution in [-0.4, -0.2) is 43.7 Å². The van der Waals surface area contributed by atoms with E-state index >= 15 is 0 Å². The summed E-state index contributed by atoms with van der Waals surface area (Å²) in [5.74, 6) is 0.193. The summed E-state index contributed by atoms with van der Waals surface area (Å²) in [5, 5.41) is 14.0. The number of nitrogens with one attached hydrogen (secondary N) is 1. The third-order valence-electron chi connectivity index (χ3n) is 3.92. The molecule has 1 N–H and O–H groups in total. The van der Waals surface area contributed by atoms with E-state index in [1.807, 2.05) is 11.0 Å². The number of anilines is 2. The van der Waals surface area contributed by atoms with Gasteiger partial charge in [0.15, 0.2) is 6.61 Å². The van der Waals surface area contributed by atoms with Crippen LogP contribution in [0.15, 0.2) is 48.5 Å². The number of hydrogen-bond donors (Lipinski definition) is 1. The summed E-state index contributed by atoms with van der Waals surface area (Å²) >= 11 is 0. The van der Waals surface area contributed by atoms with E-state index in [-0.39, 0.29) is 18.2 Å². The highest BCUT2D eigenvalue weighted by atomic mass is 16.6. The van der Waals surface area contributed by atoms with Gasteiger partial charge in [0, 0.05) is 24.8 Å². The SMILES string of the molecule is O=C(COc1ccccc1)Nc1ccc(N2CCOCC2)c([N+](=O)[O-])c1. The lowest BCUT2D eigenvalue weighted by atomic mass is 10.2. The minimum absolute atomic E-state index is 0.0475. The fourth-order valence-corrected chi connectivity index (χ4v) is 2.68. The predicted molar refractivity (Wildman–Crippen MR) is 96.7 cm³/mol. The third kappa shape index (κ3) is 4.48. The summed E-state index contributed by atoms with van der Waals surface area (Å²) in [7, 11) is 0. The van der Waals surface area contributed by atoms with E-state index in [1.165, 1.54) is 6.07 Å². The first kappa shape index (κ1) is 17.7. The first-order valence-electron chi connectivity index (χ1n) is 8.22. The molecule has 26 heavy (non-hydrogen) atoms. The van der Waals surface area contributed by atoms with Gasteiger partial charge in [0.1, 0.15) is 11.4 Å². The van der Waals surface area contributed by atoms with Gasteiger partial charge >= 0.3 is 0 Å². The highest BCUT2D eigenvalue weighted by molar-refractivity contribution is 5.92. The number of para-hydroxylation sites is 1. The van der Waals surface area contributed by atoms with E-state index in [1.54, 1.807) is 36.4 Å². The highest BCUT2D eigenvalue weighted by Crippen LogP contribution is 2.31. The van der Waals surface area contributed by atoms with Crippen LogP contribution in [0.1, 0.15) is 0 Å². The summed E-state index contributed by atoms with van der Waals surface area (Å²) in [5.41, 5.74) is 0.834. The van der Waals surface area contributed by atoms with Crippen LogP contribution in [0.5, 0.6) is 5.75 Å². The van der Waals surface area contributed by atoms with Crippen molar-refractivity contribution in [1.82, 2.24) is 0 Å². The molecule has 0 radical (unpaired) electrons. The molecule has 1 saturated heterocycles. The molecule has 0 saturated carbocycles. The van der Waals surface area contributed by atoms with Crippen molar-refractivity contribution in [3.05, 3.63) is 58.6 Å². The number of morpholine rings is 1. The van der Waals surface area contributed by atoms with Crippen LogP contribution in [-0.2, 0) is 9.53 Å². The van der Waals surface area contributed by atoms with E-state index < -0.39 is 4.92 Å². The van der Waals surface area contributed by atoms with Gasteiger partial charge in [-0.1, -0.05) is 18.2 Å². The van der Waals surface area contributed by atoms with Gasteiger partial charge in [-0.15, -0.1) is 0 Å². The van der Waals surface area contributed by atoms with Crippen molar-refractivity contribution in [1.29, 1.82) is 0 Å². The number of nitro groups is 1. The van der Waals surface area contributed by atoms with Crippen molar-refractivity contribution in [3.63, 3.8) is 0 Å². The summed E-state index contributed by atoms with van der Waals surface area (Å²) in [6.45, 7) is 2.08. The molecule has 1 heterocycles. The minimum Gasteiger partial charge on any atom is -0.484 e. The topological polar surface area (TPSA) is 93.9 Å². The van der Waals surface area contributed by atoms with Crippen LogP contribution < -0.4 is 15.0 Å². The van der Waals surface area contributed by atoms with Gasteiger partial charge in [-0.2, -0.15) is 0 Å². The normalized spacial score (nSPS) is 13.9. The Balaban J connectivity index is 1.67. The minimum atomic E-state index is -0.444. The summed E-state index contributed by atoms with van der Waals surface area (Å²) in [4.78, 5) is 24.9. The molecule has 1 amide bonds. The molecule has 2 aromatic carbocycles. The van der Waals surface area contributed by atoms with Gasteiger partial charge in [0.25, 0.3) is 11.6 Å². The van der Waals surface area contributed by atoms with Crippen molar-refractivity contribution >= 4 is 23.0 Å². The maximum absolute atomic E-state index is 12.0. The Kier molecular flexibility index (Phi) is 5.65. The molecule has 0 unspecified atom stereocenters. The monoisotopic (exact) mass is 357 g/mol. The summed E-state index contributed by atoms with van der Waals surface area (Å²) in [6, 6.07) is 13.6. The van der Waals surface area contributed by atoms with E-state index in [0.29, 0.717) is 43.4 Å². The summed E-state index contributed by atoms with van der Waals surface area (Å²) in [6.07, 6.45) is 0. The second-order valence-electron chi connectivity index (χ2n) is 5.71.